The monoisotopic (exact) mass is 203 g/mol. The summed E-state index contributed by atoms with van der Waals surface area (Å²) in [5.41, 5.74) is 7.92. The van der Waals surface area contributed by atoms with Gasteiger partial charge in [0.1, 0.15) is 0 Å². The first kappa shape index (κ1) is 9.81. The van der Waals surface area contributed by atoms with Gasteiger partial charge in [-0.05, 0) is 24.6 Å². The molecule has 1 unspecified atom stereocenters. The largest absolute Gasteiger partial charge is 0.397 e. The molecule has 1 atom stereocenters. The van der Waals surface area contributed by atoms with Gasteiger partial charge in [-0.15, -0.1) is 0 Å². The van der Waals surface area contributed by atoms with Crippen LogP contribution in [0.2, 0.25) is 0 Å². The van der Waals surface area contributed by atoms with Crippen molar-refractivity contribution >= 4 is 11.4 Å². The van der Waals surface area contributed by atoms with E-state index in [1.165, 1.54) is 0 Å². The van der Waals surface area contributed by atoms with Crippen molar-refractivity contribution in [3.63, 3.8) is 0 Å². The van der Waals surface area contributed by atoms with Crippen molar-refractivity contribution in [1.82, 2.24) is 0 Å². The molecule has 1 aromatic carbocycles. The van der Waals surface area contributed by atoms with Crippen LogP contribution in [0.5, 0.6) is 0 Å². The summed E-state index contributed by atoms with van der Waals surface area (Å²) in [6, 6.07) is 7.30. The molecule has 0 bridgehead atoms. The predicted molar refractivity (Wildman–Crippen MR) is 58.4 cm³/mol. The Morgan fingerprint density at radius 1 is 1.53 bits per heavy atom. The third-order valence-corrected chi connectivity index (χ3v) is 2.66. The topological polar surface area (TPSA) is 73.3 Å². The number of aliphatic hydroxyl groups is 1. The summed E-state index contributed by atoms with van der Waals surface area (Å²) in [4.78, 5) is 2.04. The molecule has 0 spiro atoms. The minimum absolute atomic E-state index is 0.264. The van der Waals surface area contributed by atoms with Crippen molar-refractivity contribution in [2.45, 2.75) is 12.5 Å². The number of anilines is 2. The Morgan fingerprint density at radius 2 is 2.33 bits per heavy atom. The van der Waals surface area contributed by atoms with Crippen LogP contribution in [0.25, 0.3) is 0 Å². The van der Waals surface area contributed by atoms with Gasteiger partial charge < -0.3 is 15.7 Å². The second-order valence-corrected chi connectivity index (χ2v) is 3.77. The third kappa shape index (κ3) is 1.88. The zero-order chi connectivity index (χ0) is 10.8. The molecule has 15 heavy (non-hydrogen) atoms. The third-order valence-electron chi connectivity index (χ3n) is 2.66. The fraction of sp³-hybridized carbons (Fsp3) is 0.364. The van der Waals surface area contributed by atoms with Gasteiger partial charge in [0.25, 0.3) is 0 Å². The van der Waals surface area contributed by atoms with Crippen LogP contribution in [0, 0.1) is 11.3 Å². The highest BCUT2D eigenvalue weighted by atomic mass is 16.3. The average Bonchev–Trinajstić information content (AvgIpc) is 2.64. The van der Waals surface area contributed by atoms with Gasteiger partial charge in [-0.3, -0.25) is 0 Å². The summed E-state index contributed by atoms with van der Waals surface area (Å²) in [5.74, 6) is 0. The molecule has 0 radical (unpaired) electrons. The smallest absolute Gasteiger partial charge is 0.0992 e. The minimum atomic E-state index is -0.264. The predicted octanol–water partition coefficient (Wildman–Crippen LogP) is 0.711. The lowest BCUT2D eigenvalue weighted by Crippen LogP contribution is -2.22. The normalized spacial score (nSPS) is 20.3. The van der Waals surface area contributed by atoms with E-state index in [0.717, 1.165) is 18.7 Å². The van der Waals surface area contributed by atoms with Crippen LogP contribution >= 0.6 is 0 Å². The van der Waals surface area contributed by atoms with Crippen LogP contribution in [0.15, 0.2) is 18.2 Å². The molecule has 1 fully saturated rings. The Labute approximate surface area is 88.5 Å². The van der Waals surface area contributed by atoms with Gasteiger partial charge in [0.2, 0.25) is 0 Å². The molecule has 3 N–H and O–H groups in total. The number of benzene rings is 1. The molecule has 4 nitrogen and oxygen atoms in total. The molecule has 0 saturated carbocycles. The number of nitrogens with zero attached hydrogens (tertiary/aromatic N) is 2. The first-order chi connectivity index (χ1) is 7.20. The zero-order valence-electron chi connectivity index (χ0n) is 8.35. The standard InChI is InChI=1S/C11H13N3O/c12-6-8-1-2-11(10(13)5-8)14-4-3-9(15)7-14/h1-2,5,9,15H,3-4,7,13H2. The van der Waals surface area contributed by atoms with Crippen molar-refractivity contribution < 1.29 is 5.11 Å². The number of nitrogen functional groups attached to an aromatic ring is 1. The first-order valence-electron chi connectivity index (χ1n) is 4.93. The fourth-order valence-electron chi connectivity index (χ4n) is 1.87. The molecule has 1 aliphatic heterocycles. The highest BCUT2D eigenvalue weighted by Gasteiger charge is 2.21. The fourth-order valence-corrected chi connectivity index (χ4v) is 1.87. The molecule has 0 amide bonds. The lowest BCUT2D eigenvalue weighted by Gasteiger charge is -2.19. The van der Waals surface area contributed by atoms with E-state index in [1.807, 2.05) is 17.0 Å². The van der Waals surface area contributed by atoms with E-state index in [9.17, 15) is 5.11 Å². The lowest BCUT2D eigenvalue weighted by molar-refractivity contribution is 0.198. The summed E-state index contributed by atoms with van der Waals surface area (Å²) >= 11 is 0. The van der Waals surface area contributed by atoms with Gasteiger partial charge in [0.15, 0.2) is 0 Å². The van der Waals surface area contributed by atoms with E-state index in [4.69, 9.17) is 11.0 Å². The van der Waals surface area contributed by atoms with Gasteiger partial charge in [0.05, 0.1) is 29.1 Å². The molecule has 0 aromatic heterocycles. The highest BCUT2D eigenvalue weighted by Crippen LogP contribution is 2.27. The van der Waals surface area contributed by atoms with Gasteiger partial charge >= 0.3 is 0 Å². The Kier molecular flexibility index (Phi) is 2.48. The number of nitrogens with two attached hydrogens (primary N) is 1. The van der Waals surface area contributed by atoms with Crippen LogP contribution in [-0.4, -0.2) is 24.3 Å². The average molecular weight is 203 g/mol. The molecule has 78 valence electrons. The molecule has 0 aliphatic carbocycles. The van der Waals surface area contributed by atoms with E-state index in [2.05, 4.69) is 0 Å². The second kappa shape index (κ2) is 3.79. The van der Waals surface area contributed by atoms with Gasteiger partial charge in [-0.1, -0.05) is 0 Å². The number of rotatable bonds is 1. The zero-order valence-corrected chi connectivity index (χ0v) is 8.35. The Bertz CT molecular complexity index is 411. The molecule has 1 heterocycles. The summed E-state index contributed by atoms with van der Waals surface area (Å²) in [6.45, 7) is 1.44. The number of nitriles is 1. The van der Waals surface area contributed by atoms with Gasteiger partial charge in [-0.25, -0.2) is 0 Å². The van der Waals surface area contributed by atoms with Crippen molar-refractivity contribution in [3.05, 3.63) is 23.8 Å². The van der Waals surface area contributed by atoms with Crippen LogP contribution in [-0.2, 0) is 0 Å². The van der Waals surface area contributed by atoms with E-state index < -0.39 is 0 Å². The molecular weight excluding hydrogens is 190 g/mol. The van der Waals surface area contributed by atoms with Crippen molar-refractivity contribution in [3.8, 4) is 6.07 Å². The summed E-state index contributed by atoms with van der Waals surface area (Å²) < 4.78 is 0. The van der Waals surface area contributed by atoms with E-state index in [0.29, 0.717) is 17.8 Å². The van der Waals surface area contributed by atoms with E-state index >= 15 is 0 Å². The van der Waals surface area contributed by atoms with Crippen LogP contribution in [0.1, 0.15) is 12.0 Å². The molecule has 2 rings (SSSR count). The SMILES string of the molecule is N#Cc1ccc(N2CCC(O)C2)c(N)c1. The number of aliphatic hydroxyl groups excluding tert-OH is 1. The number of hydrogen-bond acceptors (Lipinski definition) is 4. The maximum atomic E-state index is 9.42. The molecule has 4 heteroatoms. The van der Waals surface area contributed by atoms with Crippen LogP contribution < -0.4 is 10.6 Å². The van der Waals surface area contributed by atoms with Crippen molar-refractivity contribution in [2.75, 3.05) is 23.7 Å². The first-order valence-corrected chi connectivity index (χ1v) is 4.93. The quantitative estimate of drug-likeness (QED) is 0.659. The molecule has 1 aliphatic rings. The van der Waals surface area contributed by atoms with Gasteiger partial charge in [-0.2, -0.15) is 5.26 Å². The van der Waals surface area contributed by atoms with E-state index in [-0.39, 0.29) is 6.10 Å². The van der Waals surface area contributed by atoms with Crippen molar-refractivity contribution in [2.24, 2.45) is 0 Å². The second-order valence-electron chi connectivity index (χ2n) is 3.77. The molecular formula is C11H13N3O. The minimum Gasteiger partial charge on any atom is -0.397 e. The Balaban J connectivity index is 2.26. The molecule has 1 aromatic rings. The Hall–Kier alpha value is -1.73. The van der Waals surface area contributed by atoms with Gasteiger partial charge in [0, 0.05) is 13.1 Å². The summed E-state index contributed by atoms with van der Waals surface area (Å²) in [5, 5.41) is 18.1. The lowest BCUT2D eigenvalue weighted by atomic mass is 10.2. The van der Waals surface area contributed by atoms with Crippen molar-refractivity contribution in [1.29, 1.82) is 5.26 Å². The van der Waals surface area contributed by atoms with Crippen LogP contribution in [0.3, 0.4) is 0 Å². The summed E-state index contributed by atoms with van der Waals surface area (Å²) in [6.07, 6.45) is 0.513. The highest BCUT2D eigenvalue weighted by molar-refractivity contribution is 5.70. The van der Waals surface area contributed by atoms with E-state index in [1.54, 1.807) is 12.1 Å². The number of hydrogen-bond donors (Lipinski definition) is 2. The number of β-amino-alcohol motifs (C(OH)–C–C–N with tert-alkyl or cyclic N) is 1. The maximum Gasteiger partial charge on any atom is 0.0992 e. The van der Waals surface area contributed by atoms with Crippen LogP contribution in [0.4, 0.5) is 11.4 Å². The summed E-state index contributed by atoms with van der Waals surface area (Å²) in [7, 11) is 0. The Morgan fingerprint density at radius 3 is 2.87 bits per heavy atom. The maximum absolute atomic E-state index is 9.42. The molecule has 1 saturated heterocycles.